The Balaban J connectivity index is 1.58. The number of hydrogen-bond acceptors (Lipinski definition) is 5. The van der Waals surface area contributed by atoms with Crippen molar-refractivity contribution in [1.82, 2.24) is 9.97 Å². The molecular weight excluding hydrogens is 346 g/mol. The molecule has 26 heavy (non-hydrogen) atoms. The highest BCUT2D eigenvalue weighted by Gasteiger charge is 2.11. The average Bonchev–Trinajstić information content (AvgIpc) is 3.11. The molecule has 0 saturated heterocycles. The molecule has 2 aromatic heterocycles. The Bertz CT molecular complexity index is 862. The van der Waals surface area contributed by atoms with Crippen LogP contribution in [0.25, 0.3) is 10.7 Å². The maximum absolute atomic E-state index is 12.3. The van der Waals surface area contributed by atoms with Crippen LogP contribution in [0, 0.1) is 0 Å². The number of hydrogen-bond donors (Lipinski definition) is 1. The maximum Gasteiger partial charge on any atom is 0.224 e. The van der Waals surface area contributed by atoms with Gasteiger partial charge in [0, 0.05) is 18.0 Å². The molecule has 2 heterocycles. The smallest absolute Gasteiger partial charge is 0.224 e. The van der Waals surface area contributed by atoms with Gasteiger partial charge in [0.2, 0.25) is 5.91 Å². The number of para-hydroxylation sites is 2. The van der Waals surface area contributed by atoms with E-state index in [2.05, 4.69) is 15.3 Å². The largest absolute Gasteiger partial charge is 0.489 e. The van der Waals surface area contributed by atoms with Crippen LogP contribution < -0.4 is 10.1 Å². The van der Waals surface area contributed by atoms with Gasteiger partial charge in [0.25, 0.3) is 0 Å². The summed E-state index contributed by atoms with van der Waals surface area (Å²) in [6, 6.07) is 13.2. The molecule has 5 nitrogen and oxygen atoms in total. The Hall–Kier alpha value is -2.73. The number of pyridine rings is 1. The molecule has 0 bridgehead atoms. The topological polar surface area (TPSA) is 64.1 Å². The molecule has 0 aliphatic heterocycles. The summed E-state index contributed by atoms with van der Waals surface area (Å²) in [5.74, 6) is 0.624. The maximum atomic E-state index is 12.3. The fraction of sp³-hybridized carbons (Fsp3) is 0.250. The highest BCUT2D eigenvalue weighted by molar-refractivity contribution is 7.13. The van der Waals surface area contributed by atoms with E-state index in [-0.39, 0.29) is 12.0 Å². The van der Waals surface area contributed by atoms with Crippen molar-refractivity contribution in [2.24, 2.45) is 0 Å². The van der Waals surface area contributed by atoms with Crippen LogP contribution >= 0.6 is 11.3 Å². The van der Waals surface area contributed by atoms with Crippen molar-refractivity contribution >= 4 is 22.9 Å². The summed E-state index contributed by atoms with van der Waals surface area (Å²) in [4.78, 5) is 21.2. The zero-order valence-electron chi connectivity index (χ0n) is 14.8. The zero-order valence-corrected chi connectivity index (χ0v) is 15.6. The van der Waals surface area contributed by atoms with Crippen LogP contribution in [0.5, 0.6) is 5.75 Å². The third-order valence-corrected chi connectivity index (χ3v) is 4.48. The van der Waals surface area contributed by atoms with Gasteiger partial charge in [-0.25, -0.2) is 4.98 Å². The number of benzene rings is 1. The molecular formula is C20H21N3O2S. The third kappa shape index (κ3) is 4.89. The van der Waals surface area contributed by atoms with Crippen LogP contribution in [-0.4, -0.2) is 22.0 Å². The van der Waals surface area contributed by atoms with Gasteiger partial charge in [-0.05, 0) is 44.5 Å². The highest BCUT2D eigenvalue weighted by atomic mass is 32.1. The lowest BCUT2D eigenvalue weighted by Crippen LogP contribution is -2.14. The van der Waals surface area contributed by atoms with Crippen molar-refractivity contribution in [3.05, 3.63) is 59.7 Å². The summed E-state index contributed by atoms with van der Waals surface area (Å²) in [7, 11) is 0. The van der Waals surface area contributed by atoms with Gasteiger partial charge in [-0.3, -0.25) is 9.78 Å². The standard InChI is InChI=1S/C20H21N3O2S/c1-14(2)25-18-9-4-3-7-16(18)23-19(24)11-10-15-13-26-20(22-15)17-8-5-6-12-21-17/h3-9,12-14H,10-11H2,1-2H3,(H,23,24). The average molecular weight is 367 g/mol. The van der Waals surface area contributed by atoms with Crippen molar-refractivity contribution < 1.29 is 9.53 Å². The molecule has 3 rings (SSSR count). The molecule has 0 aliphatic rings. The van der Waals surface area contributed by atoms with E-state index in [0.717, 1.165) is 16.4 Å². The minimum atomic E-state index is -0.0582. The molecule has 1 aromatic carbocycles. The van der Waals surface area contributed by atoms with Crippen LogP contribution in [0.4, 0.5) is 5.69 Å². The first-order valence-corrected chi connectivity index (χ1v) is 9.41. The number of aryl methyl sites for hydroxylation is 1. The van der Waals surface area contributed by atoms with Gasteiger partial charge < -0.3 is 10.1 Å². The van der Waals surface area contributed by atoms with E-state index in [4.69, 9.17) is 4.74 Å². The van der Waals surface area contributed by atoms with Crippen LogP contribution in [0.1, 0.15) is 26.0 Å². The number of carbonyl (C=O) groups is 1. The van der Waals surface area contributed by atoms with Gasteiger partial charge in [0.05, 0.1) is 23.2 Å². The van der Waals surface area contributed by atoms with Crippen LogP contribution in [0.3, 0.4) is 0 Å². The third-order valence-electron chi connectivity index (χ3n) is 3.57. The van der Waals surface area contributed by atoms with Gasteiger partial charge in [-0.15, -0.1) is 11.3 Å². The minimum Gasteiger partial charge on any atom is -0.489 e. The number of ether oxygens (including phenoxy) is 1. The van der Waals surface area contributed by atoms with Crippen LogP contribution in [0.15, 0.2) is 54.0 Å². The first-order valence-electron chi connectivity index (χ1n) is 8.53. The van der Waals surface area contributed by atoms with Crippen molar-refractivity contribution in [2.45, 2.75) is 32.8 Å². The van der Waals surface area contributed by atoms with E-state index >= 15 is 0 Å². The molecule has 0 spiro atoms. The monoisotopic (exact) mass is 367 g/mol. The molecule has 0 fully saturated rings. The van der Waals surface area contributed by atoms with E-state index < -0.39 is 0 Å². The van der Waals surface area contributed by atoms with E-state index in [1.54, 1.807) is 17.5 Å². The Labute approximate surface area is 157 Å². The molecule has 0 aliphatic carbocycles. The minimum absolute atomic E-state index is 0.0491. The van der Waals surface area contributed by atoms with E-state index in [1.165, 1.54) is 0 Å². The second-order valence-electron chi connectivity index (χ2n) is 6.07. The quantitative estimate of drug-likeness (QED) is 0.665. The van der Waals surface area contributed by atoms with Crippen LogP contribution in [-0.2, 0) is 11.2 Å². The Morgan fingerprint density at radius 1 is 1.19 bits per heavy atom. The second kappa shape index (κ2) is 8.58. The summed E-state index contributed by atoms with van der Waals surface area (Å²) < 4.78 is 5.73. The lowest BCUT2D eigenvalue weighted by molar-refractivity contribution is -0.116. The summed E-state index contributed by atoms with van der Waals surface area (Å²) >= 11 is 1.54. The van der Waals surface area contributed by atoms with Gasteiger partial charge in [0.15, 0.2) is 0 Å². The summed E-state index contributed by atoms with van der Waals surface area (Å²) in [6.45, 7) is 3.92. The summed E-state index contributed by atoms with van der Waals surface area (Å²) in [6.07, 6.45) is 2.75. The van der Waals surface area contributed by atoms with Gasteiger partial charge in [-0.2, -0.15) is 0 Å². The van der Waals surface area contributed by atoms with Crippen molar-refractivity contribution in [3.63, 3.8) is 0 Å². The summed E-state index contributed by atoms with van der Waals surface area (Å²) in [5, 5.41) is 5.78. The lowest BCUT2D eigenvalue weighted by atomic mass is 10.2. The number of aromatic nitrogens is 2. The number of nitrogens with zero attached hydrogens (tertiary/aromatic N) is 2. The first kappa shape index (κ1) is 18.1. The fourth-order valence-electron chi connectivity index (χ4n) is 2.41. The molecule has 1 N–H and O–H groups in total. The van der Waals surface area contributed by atoms with Gasteiger partial charge in [-0.1, -0.05) is 18.2 Å². The number of thiazole rings is 1. The molecule has 3 aromatic rings. The predicted molar refractivity (Wildman–Crippen MR) is 105 cm³/mol. The second-order valence-corrected chi connectivity index (χ2v) is 6.93. The van der Waals surface area contributed by atoms with E-state index in [1.807, 2.05) is 61.7 Å². The normalized spacial score (nSPS) is 10.7. The van der Waals surface area contributed by atoms with Crippen molar-refractivity contribution in [2.75, 3.05) is 5.32 Å². The molecule has 0 atom stereocenters. The fourth-order valence-corrected chi connectivity index (χ4v) is 3.24. The Kier molecular flexibility index (Phi) is 5.96. The number of nitrogens with one attached hydrogen (secondary N) is 1. The van der Waals surface area contributed by atoms with E-state index in [9.17, 15) is 4.79 Å². The molecule has 1 amide bonds. The molecule has 0 radical (unpaired) electrons. The number of carbonyl (C=O) groups excluding carboxylic acids is 1. The molecule has 0 unspecified atom stereocenters. The van der Waals surface area contributed by atoms with Gasteiger partial charge in [0.1, 0.15) is 10.8 Å². The number of anilines is 1. The molecule has 134 valence electrons. The Morgan fingerprint density at radius 2 is 2.00 bits per heavy atom. The number of rotatable bonds is 7. The SMILES string of the molecule is CC(C)Oc1ccccc1NC(=O)CCc1csc(-c2ccccn2)n1. The zero-order chi connectivity index (χ0) is 18.4. The highest BCUT2D eigenvalue weighted by Crippen LogP contribution is 2.25. The van der Waals surface area contributed by atoms with E-state index in [0.29, 0.717) is 24.3 Å². The Morgan fingerprint density at radius 3 is 2.77 bits per heavy atom. The van der Waals surface area contributed by atoms with Crippen molar-refractivity contribution in [1.29, 1.82) is 0 Å². The number of amides is 1. The molecule has 6 heteroatoms. The lowest BCUT2D eigenvalue weighted by Gasteiger charge is -2.14. The van der Waals surface area contributed by atoms with Crippen molar-refractivity contribution in [3.8, 4) is 16.5 Å². The summed E-state index contributed by atoms with van der Waals surface area (Å²) in [5.41, 5.74) is 2.45. The molecule has 0 saturated carbocycles. The predicted octanol–water partition coefficient (Wildman–Crippen LogP) is 4.56. The first-order chi connectivity index (χ1) is 12.6. The van der Waals surface area contributed by atoms with Crippen LogP contribution in [0.2, 0.25) is 0 Å². The van der Waals surface area contributed by atoms with Gasteiger partial charge >= 0.3 is 0 Å².